The predicted molar refractivity (Wildman–Crippen MR) is 85.5 cm³/mol. The summed E-state index contributed by atoms with van der Waals surface area (Å²) in [7, 11) is 2.14. The first-order valence-corrected chi connectivity index (χ1v) is 7.53. The number of nitrogen functional groups attached to an aromatic ring is 1. The normalized spacial score (nSPS) is 22.8. The standard InChI is InChI=1S/C16H25N3O2/c1-4-21-16(20)12-5-6-13(17)15(9-12)18-14-7-8-19(3)10-11(14)2/h5-6,9,11,14,18H,4,7-8,10,17H2,1-3H3. The highest BCUT2D eigenvalue weighted by Crippen LogP contribution is 2.26. The highest BCUT2D eigenvalue weighted by molar-refractivity contribution is 5.92. The molecule has 1 aliphatic heterocycles. The lowest BCUT2D eigenvalue weighted by Crippen LogP contribution is -2.43. The van der Waals surface area contributed by atoms with E-state index in [-0.39, 0.29) is 5.97 Å². The van der Waals surface area contributed by atoms with Crippen molar-refractivity contribution >= 4 is 17.3 Å². The van der Waals surface area contributed by atoms with Crippen LogP contribution in [0.15, 0.2) is 18.2 Å². The summed E-state index contributed by atoms with van der Waals surface area (Å²) in [5, 5.41) is 3.50. The van der Waals surface area contributed by atoms with Crippen LogP contribution < -0.4 is 11.1 Å². The predicted octanol–water partition coefficient (Wildman–Crippen LogP) is 2.20. The number of ether oxygens (including phenoxy) is 1. The number of likely N-dealkylation sites (tertiary alicyclic amines) is 1. The van der Waals surface area contributed by atoms with Gasteiger partial charge in [0.1, 0.15) is 0 Å². The number of rotatable bonds is 4. The van der Waals surface area contributed by atoms with Gasteiger partial charge in [0, 0.05) is 12.6 Å². The van der Waals surface area contributed by atoms with Crippen molar-refractivity contribution in [2.24, 2.45) is 5.92 Å². The smallest absolute Gasteiger partial charge is 0.338 e. The second-order valence-corrected chi connectivity index (χ2v) is 5.80. The third kappa shape index (κ3) is 3.88. The second kappa shape index (κ2) is 6.80. The molecule has 3 N–H and O–H groups in total. The van der Waals surface area contributed by atoms with Crippen LogP contribution in [-0.2, 0) is 4.74 Å². The molecule has 1 fully saturated rings. The zero-order chi connectivity index (χ0) is 15.4. The van der Waals surface area contributed by atoms with Crippen molar-refractivity contribution in [1.82, 2.24) is 4.90 Å². The van der Waals surface area contributed by atoms with Gasteiger partial charge in [0.15, 0.2) is 0 Å². The maximum absolute atomic E-state index is 11.8. The number of anilines is 2. The Morgan fingerprint density at radius 3 is 2.95 bits per heavy atom. The van der Waals surface area contributed by atoms with Gasteiger partial charge in [-0.3, -0.25) is 0 Å². The maximum Gasteiger partial charge on any atom is 0.338 e. The van der Waals surface area contributed by atoms with E-state index in [0.29, 0.717) is 29.8 Å². The molecule has 1 aromatic rings. The van der Waals surface area contributed by atoms with Gasteiger partial charge in [-0.2, -0.15) is 0 Å². The Hall–Kier alpha value is -1.75. The van der Waals surface area contributed by atoms with E-state index >= 15 is 0 Å². The molecule has 5 heteroatoms. The zero-order valence-corrected chi connectivity index (χ0v) is 13.1. The van der Waals surface area contributed by atoms with Gasteiger partial charge in [-0.1, -0.05) is 6.92 Å². The van der Waals surface area contributed by atoms with Crippen molar-refractivity contribution < 1.29 is 9.53 Å². The molecule has 1 aromatic carbocycles. The van der Waals surface area contributed by atoms with E-state index < -0.39 is 0 Å². The largest absolute Gasteiger partial charge is 0.462 e. The summed E-state index contributed by atoms with van der Waals surface area (Å²) in [6.07, 6.45) is 1.07. The van der Waals surface area contributed by atoms with Crippen molar-refractivity contribution in [2.75, 3.05) is 37.8 Å². The molecular formula is C16H25N3O2. The molecule has 21 heavy (non-hydrogen) atoms. The molecule has 0 aliphatic carbocycles. The van der Waals surface area contributed by atoms with Crippen molar-refractivity contribution in [3.8, 4) is 0 Å². The molecule has 116 valence electrons. The van der Waals surface area contributed by atoms with Gasteiger partial charge in [-0.05, 0) is 51.1 Å². The zero-order valence-electron chi connectivity index (χ0n) is 13.1. The van der Waals surface area contributed by atoms with Crippen LogP contribution in [0.2, 0.25) is 0 Å². The summed E-state index contributed by atoms with van der Waals surface area (Å²) in [6.45, 7) is 6.54. The molecule has 0 aromatic heterocycles. The summed E-state index contributed by atoms with van der Waals surface area (Å²) < 4.78 is 5.03. The number of benzene rings is 1. The fraction of sp³-hybridized carbons (Fsp3) is 0.562. The van der Waals surface area contributed by atoms with E-state index in [1.165, 1.54) is 0 Å². The van der Waals surface area contributed by atoms with Crippen molar-refractivity contribution in [3.05, 3.63) is 23.8 Å². The number of esters is 1. The summed E-state index contributed by atoms with van der Waals surface area (Å²) in [5.41, 5.74) is 8.05. The van der Waals surface area contributed by atoms with E-state index in [9.17, 15) is 4.79 Å². The van der Waals surface area contributed by atoms with E-state index in [1.54, 1.807) is 25.1 Å². The number of hydrogen-bond donors (Lipinski definition) is 2. The Balaban J connectivity index is 2.12. The molecule has 2 rings (SSSR count). The number of carbonyl (C=O) groups excluding carboxylic acids is 1. The van der Waals surface area contributed by atoms with Crippen molar-refractivity contribution in [2.45, 2.75) is 26.3 Å². The molecule has 2 unspecified atom stereocenters. The van der Waals surface area contributed by atoms with Crippen LogP contribution in [0.3, 0.4) is 0 Å². The van der Waals surface area contributed by atoms with Crippen LogP contribution in [0, 0.1) is 5.92 Å². The minimum absolute atomic E-state index is 0.308. The van der Waals surface area contributed by atoms with E-state index in [2.05, 4.69) is 24.2 Å². The molecule has 0 radical (unpaired) electrons. The molecule has 1 aliphatic rings. The number of carbonyl (C=O) groups is 1. The average molecular weight is 291 g/mol. The van der Waals surface area contributed by atoms with Crippen molar-refractivity contribution in [3.63, 3.8) is 0 Å². The quantitative estimate of drug-likeness (QED) is 0.657. The van der Waals surface area contributed by atoms with Crippen LogP contribution in [0.1, 0.15) is 30.6 Å². The summed E-state index contributed by atoms with van der Waals surface area (Å²) in [5.74, 6) is 0.228. The lowest BCUT2D eigenvalue weighted by molar-refractivity contribution is 0.0526. The minimum Gasteiger partial charge on any atom is -0.462 e. The topological polar surface area (TPSA) is 67.6 Å². The molecule has 5 nitrogen and oxygen atoms in total. The van der Waals surface area contributed by atoms with E-state index in [4.69, 9.17) is 10.5 Å². The summed E-state index contributed by atoms with van der Waals surface area (Å²) in [4.78, 5) is 14.1. The van der Waals surface area contributed by atoms with Gasteiger partial charge in [0.25, 0.3) is 0 Å². The Kier molecular flexibility index (Phi) is 5.07. The van der Waals surface area contributed by atoms with Crippen LogP contribution in [0.25, 0.3) is 0 Å². The number of nitrogens with one attached hydrogen (secondary N) is 1. The van der Waals surface area contributed by atoms with E-state index in [1.807, 2.05) is 0 Å². The van der Waals surface area contributed by atoms with Crippen molar-refractivity contribution in [1.29, 1.82) is 0 Å². The molecule has 0 spiro atoms. The number of nitrogens with zero attached hydrogens (tertiary/aromatic N) is 1. The first kappa shape index (κ1) is 15.6. The van der Waals surface area contributed by atoms with Crippen LogP contribution in [0.5, 0.6) is 0 Å². The van der Waals surface area contributed by atoms with Crippen LogP contribution in [-0.4, -0.2) is 43.7 Å². The first-order valence-electron chi connectivity index (χ1n) is 7.53. The molecular weight excluding hydrogens is 266 g/mol. The minimum atomic E-state index is -0.308. The average Bonchev–Trinajstić information content (AvgIpc) is 2.44. The number of nitrogens with two attached hydrogens (primary N) is 1. The molecule has 0 bridgehead atoms. The van der Waals surface area contributed by atoms with Gasteiger partial charge in [0.05, 0.1) is 23.5 Å². The third-order valence-electron chi connectivity index (χ3n) is 4.01. The fourth-order valence-corrected chi connectivity index (χ4v) is 2.79. The van der Waals surface area contributed by atoms with Crippen LogP contribution in [0.4, 0.5) is 11.4 Å². The lowest BCUT2D eigenvalue weighted by Gasteiger charge is -2.36. The van der Waals surface area contributed by atoms with Gasteiger partial charge in [-0.25, -0.2) is 4.79 Å². The third-order valence-corrected chi connectivity index (χ3v) is 4.01. The van der Waals surface area contributed by atoms with Gasteiger partial charge in [-0.15, -0.1) is 0 Å². The van der Waals surface area contributed by atoms with Gasteiger partial charge < -0.3 is 20.7 Å². The first-order chi connectivity index (χ1) is 10.0. The Bertz CT molecular complexity index is 504. The second-order valence-electron chi connectivity index (χ2n) is 5.80. The Labute approximate surface area is 126 Å². The monoisotopic (exact) mass is 291 g/mol. The lowest BCUT2D eigenvalue weighted by atomic mass is 9.94. The fourth-order valence-electron chi connectivity index (χ4n) is 2.79. The molecule has 1 heterocycles. The number of hydrogen-bond acceptors (Lipinski definition) is 5. The van der Waals surface area contributed by atoms with Gasteiger partial charge in [0.2, 0.25) is 0 Å². The summed E-state index contributed by atoms with van der Waals surface area (Å²) >= 11 is 0. The summed E-state index contributed by atoms with van der Waals surface area (Å²) in [6, 6.07) is 5.63. The Morgan fingerprint density at radius 2 is 2.29 bits per heavy atom. The molecule has 2 atom stereocenters. The molecule has 0 amide bonds. The Morgan fingerprint density at radius 1 is 1.52 bits per heavy atom. The number of piperidine rings is 1. The highest BCUT2D eigenvalue weighted by atomic mass is 16.5. The van der Waals surface area contributed by atoms with Crippen LogP contribution >= 0.6 is 0 Å². The van der Waals surface area contributed by atoms with Gasteiger partial charge >= 0.3 is 5.97 Å². The highest BCUT2D eigenvalue weighted by Gasteiger charge is 2.24. The maximum atomic E-state index is 11.8. The van der Waals surface area contributed by atoms with E-state index in [0.717, 1.165) is 25.2 Å². The molecule has 0 saturated carbocycles. The SMILES string of the molecule is CCOC(=O)c1ccc(N)c(NC2CCN(C)CC2C)c1. The molecule has 1 saturated heterocycles.